The van der Waals surface area contributed by atoms with Crippen LogP contribution in [0.1, 0.15) is 316 Å². The third-order valence-corrected chi connectivity index (χ3v) is 14.2. The van der Waals surface area contributed by atoms with Gasteiger partial charge in [0.05, 0.1) is 18.8 Å². The molecule has 0 aromatic rings. The van der Waals surface area contributed by atoms with Crippen LogP contribution in [0.25, 0.3) is 0 Å². The Hall–Kier alpha value is -1.73. The van der Waals surface area contributed by atoms with Crippen LogP contribution in [0.5, 0.6) is 0 Å². The Morgan fingerprint density at radius 2 is 0.609 bits per heavy atom. The molecule has 0 aliphatic rings. The highest BCUT2D eigenvalue weighted by atomic mass is 16.3. The zero-order valence-corrected chi connectivity index (χ0v) is 46.1. The number of unbranched alkanes of at least 4 members (excludes halogenated alkanes) is 39. The zero-order valence-electron chi connectivity index (χ0n) is 46.1. The average Bonchev–Trinajstić information content (AvgIpc) is 3.35. The van der Waals surface area contributed by atoms with Gasteiger partial charge < -0.3 is 25.7 Å². The highest BCUT2D eigenvalue weighted by Gasteiger charge is 2.28. The monoisotopic (exact) mass is 970 g/mol. The lowest BCUT2D eigenvalue weighted by molar-refractivity contribution is -0.132. The van der Waals surface area contributed by atoms with Gasteiger partial charge in [-0.1, -0.05) is 274 Å². The van der Waals surface area contributed by atoms with E-state index in [1.54, 1.807) is 0 Å². The second kappa shape index (κ2) is 57.2. The smallest absolute Gasteiger partial charge is 0.249 e. The summed E-state index contributed by atoms with van der Waals surface area (Å²) in [7, 11) is 0. The van der Waals surface area contributed by atoms with Gasteiger partial charge in [0.25, 0.3) is 0 Å². The first-order chi connectivity index (χ1) is 34.0. The summed E-state index contributed by atoms with van der Waals surface area (Å²) >= 11 is 0. The molecule has 0 bridgehead atoms. The van der Waals surface area contributed by atoms with E-state index in [2.05, 4.69) is 67.8 Å². The number of carbonyl (C=O) groups excluding carboxylic acids is 1. The Morgan fingerprint density at radius 1 is 0.348 bits per heavy atom. The number of aliphatic hydroxyl groups is 4. The molecule has 5 N–H and O–H groups in total. The molecule has 6 heteroatoms. The van der Waals surface area contributed by atoms with Crippen molar-refractivity contribution in [3.63, 3.8) is 0 Å². The van der Waals surface area contributed by atoms with Crippen LogP contribution in [-0.2, 0) is 4.79 Å². The standard InChI is InChI=1S/C63H119NO5/c1-3-5-7-9-11-13-15-17-19-21-23-25-27-29-31-33-35-37-39-41-43-45-47-49-51-53-55-57-61(67)63(69)64-59(58-65)62(68)60(66)56-54-52-50-48-46-44-42-40-38-36-34-32-30-28-26-24-22-20-18-16-14-12-10-8-6-4-2/h29,31-32,34,40,42,48,50,59-62,65-68H,3-28,30,33,35-39,41,43-47,49,51-58H2,1-2H3,(H,64,69)/b31-29-,34-32+,42-40+,50-48+. The zero-order chi connectivity index (χ0) is 50.2. The van der Waals surface area contributed by atoms with E-state index in [1.807, 2.05) is 0 Å². The van der Waals surface area contributed by atoms with E-state index in [0.29, 0.717) is 19.3 Å². The minimum atomic E-state index is -1.30. The van der Waals surface area contributed by atoms with Gasteiger partial charge in [-0.3, -0.25) is 4.79 Å². The van der Waals surface area contributed by atoms with Gasteiger partial charge >= 0.3 is 0 Å². The fraction of sp³-hybridized carbons (Fsp3) is 0.857. The Labute approximate surface area is 429 Å². The van der Waals surface area contributed by atoms with Crippen LogP contribution in [0.15, 0.2) is 48.6 Å². The number of aliphatic hydroxyl groups excluding tert-OH is 4. The Bertz CT molecular complexity index is 1130. The predicted octanol–water partition coefficient (Wildman–Crippen LogP) is 18.1. The fourth-order valence-electron chi connectivity index (χ4n) is 9.43. The molecular weight excluding hydrogens is 851 g/mol. The van der Waals surface area contributed by atoms with Crippen molar-refractivity contribution in [2.75, 3.05) is 6.61 Å². The van der Waals surface area contributed by atoms with Gasteiger partial charge in [-0.2, -0.15) is 0 Å². The van der Waals surface area contributed by atoms with Crippen molar-refractivity contribution in [3.05, 3.63) is 48.6 Å². The summed E-state index contributed by atoms with van der Waals surface area (Å²) < 4.78 is 0. The molecule has 0 spiro atoms. The molecule has 0 saturated heterocycles. The quantitative estimate of drug-likeness (QED) is 0.0308. The number of allylic oxidation sites excluding steroid dienone is 8. The van der Waals surface area contributed by atoms with Crippen LogP contribution >= 0.6 is 0 Å². The molecule has 0 radical (unpaired) electrons. The predicted molar refractivity (Wildman–Crippen MR) is 302 cm³/mol. The molecule has 0 heterocycles. The Morgan fingerprint density at radius 3 is 0.913 bits per heavy atom. The Kier molecular flexibility index (Phi) is 55.7. The van der Waals surface area contributed by atoms with Crippen LogP contribution < -0.4 is 5.32 Å². The number of nitrogens with one attached hydrogen (secondary N) is 1. The second-order valence-electron chi connectivity index (χ2n) is 21.0. The summed E-state index contributed by atoms with van der Waals surface area (Å²) in [5.74, 6) is -0.597. The summed E-state index contributed by atoms with van der Waals surface area (Å²) in [5, 5.41) is 44.0. The van der Waals surface area contributed by atoms with E-state index >= 15 is 0 Å². The van der Waals surface area contributed by atoms with Crippen LogP contribution in [0, 0.1) is 0 Å². The van der Waals surface area contributed by atoms with E-state index in [1.165, 1.54) is 231 Å². The van der Waals surface area contributed by atoms with Crippen LogP contribution in [-0.4, -0.2) is 57.3 Å². The molecule has 0 saturated carbocycles. The summed E-state index contributed by atoms with van der Waals surface area (Å²) in [6.07, 6.45) is 73.4. The van der Waals surface area contributed by atoms with Crippen LogP contribution in [0.2, 0.25) is 0 Å². The summed E-state index contributed by atoms with van der Waals surface area (Å²) in [5.41, 5.74) is 0. The summed E-state index contributed by atoms with van der Waals surface area (Å²) in [6.45, 7) is 4.07. The van der Waals surface area contributed by atoms with Crippen molar-refractivity contribution in [2.24, 2.45) is 0 Å². The number of carbonyl (C=O) groups is 1. The van der Waals surface area contributed by atoms with Gasteiger partial charge in [0.15, 0.2) is 0 Å². The molecule has 0 fully saturated rings. The Balaban J connectivity index is 3.68. The average molecular weight is 971 g/mol. The first-order valence-electron chi connectivity index (χ1n) is 30.5. The lowest BCUT2D eigenvalue weighted by Gasteiger charge is -2.27. The first-order valence-corrected chi connectivity index (χ1v) is 30.5. The molecule has 0 aromatic carbocycles. The van der Waals surface area contributed by atoms with Crippen molar-refractivity contribution in [1.29, 1.82) is 0 Å². The molecule has 4 atom stereocenters. The molecule has 69 heavy (non-hydrogen) atoms. The highest BCUT2D eigenvalue weighted by Crippen LogP contribution is 2.17. The third kappa shape index (κ3) is 51.0. The molecule has 4 unspecified atom stereocenters. The SMILES string of the molecule is CCCCCCCCCCCCCC/C=C\CCCCCCCCCCCCCC(O)C(=O)NC(CO)C(O)C(O)CCC/C=C/CC/C=C/CC/C=C/CCCCCCCCCCCCCCC. The molecule has 0 aromatic heterocycles. The van der Waals surface area contributed by atoms with Crippen molar-refractivity contribution in [3.8, 4) is 0 Å². The number of hydrogen-bond donors (Lipinski definition) is 5. The van der Waals surface area contributed by atoms with Gasteiger partial charge in [0, 0.05) is 0 Å². The number of amides is 1. The number of hydrogen-bond acceptors (Lipinski definition) is 5. The molecule has 0 aliphatic carbocycles. The van der Waals surface area contributed by atoms with Crippen molar-refractivity contribution < 1.29 is 25.2 Å². The first kappa shape index (κ1) is 67.3. The molecule has 406 valence electrons. The maximum atomic E-state index is 12.6. The lowest BCUT2D eigenvalue weighted by atomic mass is 10.00. The van der Waals surface area contributed by atoms with E-state index in [-0.39, 0.29) is 0 Å². The minimum absolute atomic E-state index is 0.357. The van der Waals surface area contributed by atoms with Crippen LogP contribution in [0.3, 0.4) is 0 Å². The van der Waals surface area contributed by atoms with E-state index in [0.717, 1.165) is 51.4 Å². The molecule has 6 nitrogen and oxygen atoms in total. The molecule has 1 amide bonds. The molecular formula is C63H119NO5. The van der Waals surface area contributed by atoms with E-state index in [4.69, 9.17) is 0 Å². The van der Waals surface area contributed by atoms with E-state index < -0.39 is 36.9 Å². The molecule has 0 rings (SSSR count). The maximum absolute atomic E-state index is 12.6. The van der Waals surface area contributed by atoms with Crippen LogP contribution in [0.4, 0.5) is 0 Å². The van der Waals surface area contributed by atoms with Gasteiger partial charge in [-0.15, -0.1) is 0 Å². The maximum Gasteiger partial charge on any atom is 0.249 e. The highest BCUT2D eigenvalue weighted by molar-refractivity contribution is 5.80. The van der Waals surface area contributed by atoms with Crippen molar-refractivity contribution in [2.45, 2.75) is 340 Å². The second-order valence-corrected chi connectivity index (χ2v) is 21.0. The van der Waals surface area contributed by atoms with Gasteiger partial charge in [-0.25, -0.2) is 0 Å². The minimum Gasteiger partial charge on any atom is -0.394 e. The van der Waals surface area contributed by atoms with E-state index in [9.17, 15) is 25.2 Å². The lowest BCUT2D eigenvalue weighted by Crippen LogP contribution is -2.53. The van der Waals surface area contributed by atoms with Gasteiger partial charge in [-0.05, 0) is 89.9 Å². The van der Waals surface area contributed by atoms with Gasteiger partial charge in [0.2, 0.25) is 5.91 Å². The number of rotatable bonds is 56. The largest absolute Gasteiger partial charge is 0.394 e. The summed E-state index contributed by atoms with van der Waals surface area (Å²) in [6, 6.07) is -1.01. The van der Waals surface area contributed by atoms with Crippen molar-refractivity contribution >= 4 is 5.91 Å². The summed E-state index contributed by atoms with van der Waals surface area (Å²) in [4.78, 5) is 12.6. The topological polar surface area (TPSA) is 110 Å². The third-order valence-electron chi connectivity index (χ3n) is 14.2. The van der Waals surface area contributed by atoms with Crippen molar-refractivity contribution in [1.82, 2.24) is 5.32 Å². The normalized spacial score (nSPS) is 14.0. The fourth-order valence-corrected chi connectivity index (χ4v) is 9.43. The molecule has 0 aliphatic heterocycles. The van der Waals surface area contributed by atoms with Gasteiger partial charge in [0.1, 0.15) is 12.2 Å².